The Labute approximate surface area is 278 Å². The van der Waals surface area contributed by atoms with Gasteiger partial charge in [-0.25, -0.2) is 0 Å². The minimum absolute atomic E-state index is 0.00271. The van der Waals surface area contributed by atoms with Gasteiger partial charge in [-0.05, 0) is 65.7 Å². The van der Waals surface area contributed by atoms with Gasteiger partial charge in [0, 0.05) is 52.9 Å². The average molecular weight is 655 g/mol. The van der Waals surface area contributed by atoms with Crippen molar-refractivity contribution >= 4 is 74.7 Å². The van der Waals surface area contributed by atoms with Gasteiger partial charge in [0.25, 0.3) is 0 Å². The number of Topliss-reactive ketones (excluding diaryl/α,β-unsaturated/α-hetero) is 3. The van der Waals surface area contributed by atoms with Gasteiger partial charge in [-0.2, -0.15) is 0 Å². The van der Waals surface area contributed by atoms with Crippen LogP contribution in [0.4, 0.5) is 14.4 Å². The van der Waals surface area contributed by atoms with E-state index in [2.05, 4.69) is 15.7 Å². The minimum atomic E-state index is -0.328. The molecule has 15 nitrogen and oxygen atoms in total. The number of ketones is 3. The number of rotatable bonds is 9. The molecule has 0 spiro atoms. The normalized spacial score (nSPS) is 20.0. The second-order valence-corrected chi connectivity index (χ2v) is 11.7. The molecule has 0 aromatic heterocycles. The summed E-state index contributed by atoms with van der Waals surface area (Å²) in [5.74, 6) is -1.61. The van der Waals surface area contributed by atoms with Crippen molar-refractivity contribution in [1.29, 1.82) is 0 Å². The number of carbonyl (C=O) groups is 9. The molecule has 3 rings (SSSR count). The van der Waals surface area contributed by atoms with Crippen LogP contribution in [0.3, 0.4) is 0 Å². The van der Waals surface area contributed by atoms with Crippen molar-refractivity contribution in [2.75, 3.05) is 26.2 Å². The highest BCUT2D eigenvalue weighted by Gasteiger charge is 2.32. The Morgan fingerprint density at radius 1 is 0.489 bits per heavy atom. The summed E-state index contributed by atoms with van der Waals surface area (Å²) in [5.41, 5.74) is 0. The van der Waals surface area contributed by atoms with Crippen LogP contribution in [-0.4, -0.2) is 128 Å². The molecule has 3 atom stereocenters. The fourth-order valence-electron chi connectivity index (χ4n) is 5.33. The summed E-state index contributed by atoms with van der Waals surface area (Å²) < 4.78 is 0. The molecule has 3 unspecified atom stereocenters. The summed E-state index contributed by atoms with van der Waals surface area (Å²) >= 11 is 0. The third kappa shape index (κ3) is 15.4. The van der Waals surface area contributed by atoms with E-state index in [1.165, 1.54) is 44.4 Å². The monoisotopic (exact) mass is 655 g/mol. The van der Waals surface area contributed by atoms with Crippen LogP contribution in [0, 0.1) is 5.92 Å². The number of amides is 6. The summed E-state index contributed by atoms with van der Waals surface area (Å²) in [7, 11) is 3.40. The van der Waals surface area contributed by atoms with Crippen LogP contribution in [0.1, 0.15) is 86.5 Å². The molecule has 3 aliphatic heterocycles. The SMILES string of the molecule is CC(=O)N[B]C(=O)N1CCCC(C(C)=O)C1.CC(=O)N[B]C(=O)N1CCCC1C(C)=O.CC(=O)N[B]C(=O)N1CCCCC1C(C)=O. The zero-order valence-electron chi connectivity index (χ0n) is 28.3. The molecule has 47 heavy (non-hydrogen) atoms. The van der Waals surface area contributed by atoms with E-state index in [-0.39, 0.29) is 70.5 Å². The van der Waals surface area contributed by atoms with Gasteiger partial charge in [0.2, 0.25) is 17.7 Å². The van der Waals surface area contributed by atoms with Gasteiger partial charge in [-0.3, -0.25) is 43.2 Å². The number of hydrogen-bond donors (Lipinski definition) is 3. The van der Waals surface area contributed by atoms with E-state index in [1.807, 2.05) is 0 Å². The lowest BCUT2D eigenvalue weighted by Gasteiger charge is -2.34. The van der Waals surface area contributed by atoms with Crippen LogP contribution in [0.5, 0.6) is 0 Å². The smallest absolute Gasteiger partial charge is 0.364 e. The summed E-state index contributed by atoms with van der Waals surface area (Å²) in [6.45, 7) is 10.8. The lowest BCUT2D eigenvalue weighted by Crippen LogP contribution is -2.51. The Kier molecular flexibility index (Phi) is 18.3. The van der Waals surface area contributed by atoms with E-state index < -0.39 is 0 Å². The number of likely N-dealkylation sites (tertiary alicyclic amines) is 3. The Bertz CT molecular complexity index is 1190. The van der Waals surface area contributed by atoms with Gasteiger partial charge in [0.15, 0.2) is 29.0 Å². The fourth-order valence-corrected chi connectivity index (χ4v) is 5.33. The summed E-state index contributed by atoms with van der Waals surface area (Å²) in [5, 5.41) is 7.00. The number of piperidine rings is 2. The van der Waals surface area contributed by atoms with Gasteiger partial charge in [-0.15, -0.1) is 0 Å². The Morgan fingerprint density at radius 2 is 0.894 bits per heavy atom. The van der Waals surface area contributed by atoms with Crippen molar-refractivity contribution in [2.45, 2.75) is 98.6 Å². The highest BCUT2D eigenvalue weighted by atomic mass is 16.2. The fraction of sp³-hybridized carbons (Fsp3) is 0.690. The molecule has 18 heteroatoms. The van der Waals surface area contributed by atoms with E-state index in [4.69, 9.17) is 0 Å². The average Bonchev–Trinajstić information content (AvgIpc) is 3.53. The van der Waals surface area contributed by atoms with Gasteiger partial charge in [0.1, 0.15) is 5.78 Å². The van der Waals surface area contributed by atoms with Crippen molar-refractivity contribution in [3.63, 3.8) is 0 Å². The second-order valence-electron chi connectivity index (χ2n) is 11.7. The largest absolute Gasteiger partial charge is 0.394 e. The highest BCUT2D eigenvalue weighted by Crippen LogP contribution is 2.19. The molecule has 0 bridgehead atoms. The molecule has 3 aliphatic rings. The van der Waals surface area contributed by atoms with Gasteiger partial charge >= 0.3 is 22.2 Å². The Morgan fingerprint density at radius 3 is 1.32 bits per heavy atom. The predicted molar refractivity (Wildman–Crippen MR) is 175 cm³/mol. The lowest BCUT2D eigenvalue weighted by atomic mass is 9.88. The minimum Gasteiger partial charge on any atom is -0.394 e. The lowest BCUT2D eigenvalue weighted by molar-refractivity contribution is -0.122. The van der Waals surface area contributed by atoms with Crippen LogP contribution in [0.2, 0.25) is 0 Å². The zero-order chi connectivity index (χ0) is 35.7. The molecule has 0 aromatic carbocycles. The molecule has 0 aromatic rings. The molecule has 6 amide bonds. The molecule has 3 saturated heterocycles. The van der Waals surface area contributed by atoms with E-state index in [1.54, 1.807) is 11.8 Å². The van der Waals surface area contributed by atoms with Crippen LogP contribution >= 0.6 is 0 Å². The van der Waals surface area contributed by atoms with Crippen molar-refractivity contribution < 1.29 is 43.2 Å². The second kappa shape index (κ2) is 21.0. The molecule has 3 N–H and O–H groups in total. The number of hydrogen-bond acceptors (Lipinski definition) is 9. The predicted octanol–water partition coefficient (Wildman–Crippen LogP) is 0.383. The molecule has 3 radical (unpaired) electrons. The van der Waals surface area contributed by atoms with E-state index in [0.29, 0.717) is 26.2 Å². The first-order valence-electron chi connectivity index (χ1n) is 15.8. The van der Waals surface area contributed by atoms with Crippen molar-refractivity contribution in [3.8, 4) is 0 Å². The third-order valence-corrected chi connectivity index (χ3v) is 7.76. The van der Waals surface area contributed by atoms with E-state index >= 15 is 0 Å². The quantitative estimate of drug-likeness (QED) is 0.294. The van der Waals surface area contributed by atoms with Crippen molar-refractivity contribution in [2.24, 2.45) is 5.92 Å². The first-order valence-corrected chi connectivity index (χ1v) is 15.8. The maximum atomic E-state index is 11.7. The molecule has 3 fully saturated rings. The van der Waals surface area contributed by atoms with Crippen LogP contribution < -0.4 is 15.7 Å². The molecular weight excluding hydrogens is 609 g/mol. The summed E-state index contributed by atoms with van der Waals surface area (Å²) in [4.78, 5) is 105. The maximum absolute atomic E-state index is 11.7. The molecule has 0 aliphatic carbocycles. The highest BCUT2D eigenvalue weighted by molar-refractivity contribution is 6.74. The molecule has 0 saturated carbocycles. The third-order valence-electron chi connectivity index (χ3n) is 7.76. The molecular formula is C29H46B3N6O9. The van der Waals surface area contributed by atoms with Crippen molar-refractivity contribution in [3.05, 3.63) is 0 Å². The number of nitrogens with zero attached hydrogens (tertiary/aromatic N) is 3. The summed E-state index contributed by atoms with van der Waals surface area (Å²) in [6, 6.07) is -0.645. The number of nitrogens with one attached hydrogen (secondary N) is 3. The van der Waals surface area contributed by atoms with Crippen LogP contribution in [0.15, 0.2) is 0 Å². The Hall–Kier alpha value is -3.98. The van der Waals surface area contributed by atoms with Gasteiger partial charge < -0.3 is 30.4 Å². The number of carbonyl (C=O) groups excluding carboxylic acids is 9. The van der Waals surface area contributed by atoms with E-state index in [0.717, 1.165) is 67.2 Å². The van der Waals surface area contributed by atoms with Gasteiger partial charge in [-0.1, -0.05) is 0 Å². The summed E-state index contributed by atoms with van der Waals surface area (Å²) in [6.07, 6.45) is 5.83. The van der Waals surface area contributed by atoms with Crippen LogP contribution in [-0.2, 0) is 28.8 Å². The van der Waals surface area contributed by atoms with Crippen LogP contribution in [0.25, 0.3) is 0 Å². The van der Waals surface area contributed by atoms with E-state index in [9.17, 15) is 43.2 Å². The van der Waals surface area contributed by atoms with Gasteiger partial charge in [0.05, 0.1) is 12.1 Å². The first-order chi connectivity index (χ1) is 22.0. The molecule has 255 valence electrons. The standard InChI is InChI=1S/2C10H16BN2O3.C9H14BN2O3/c1-7(14)9-4-3-5-13(6-9)10(16)11-12-8(2)15;1-7(14)9-5-3-4-6-13(9)10(16)11-12-8(2)15;1-6(13)8-4-3-5-12(8)9(15)10-11-7(2)14/h2*9H,3-6H2,1-2H3,(H,12,15);8H,3-5H2,1-2H3,(H,11,14). The first kappa shape index (κ1) is 41.0. The van der Waals surface area contributed by atoms with Crippen molar-refractivity contribution in [1.82, 2.24) is 30.4 Å². The Balaban J connectivity index is 0.000000353. The topological polar surface area (TPSA) is 199 Å². The maximum Gasteiger partial charge on any atom is 0.364 e. The zero-order valence-corrected chi connectivity index (χ0v) is 28.3. The molecule has 3 heterocycles.